The van der Waals surface area contributed by atoms with Crippen molar-refractivity contribution in [1.82, 2.24) is 0 Å². The highest BCUT2D eigenvalue weighted by Crippen LogP contribution is 2.50. The number of rotatable bonds is 6. The lowest BCUT2D eigenvalue weighted by Crippen LogP contribution is -2.22. The largest absolute Gasteiger partial charge is 0.469 e. The lowest BCUT2D eigenvalue weighted by atomic mass is 10.1. The molecule has 0 aromatic heterocycles. The highest BCUT2D eigenvalue weighted by Gasteiger charge is 2.47. The van der Waals surface area contributed by atoms with Crippen molar-refractivity contribution in [3.63, 3.8) is 0 Å². The summed E-state index contributed by atoms with van der Waals surface area (Å²) in [4.78, 5) is 11.3. The second kappa shape index (κ2) is 5.71. The Morgan fingerprint density at radius 2 is 2.00 bits per heavy atom. The van der Waals surface area contributed by atoms with Crippen molar-refractivity contribution in [2.24, 2.45) is 5.41 Å². The molecule has 0 bridgehead atoms. The lowest BCUT2D eigenvalue weighted by molar-refractivity contribution is -0.141. The molecule has 1 saturated carbocycles. The van der Waals surface area contributed by atoms with Gasteiger partial charge in [-0.2, -0.15) is 0 Å². The molecule has 1 aromatic rings. The first-order valence-corrected chi connectivity index (χ1v) is 8.29. The molecule has 1 aromatic carbocycles. The Kier molecular flexibility index (Phi) is 4.32. The maximum atomic E-state index is 13.5. The first-order valence-electron chi connectivity index (χ1n) is 6.46. The summed E-state index contributed by atoms with van der Waals surface area (Å²) in [6.45, 7) is 0. The van der Waals surface area contributed by atoms with Crippen molar-refractivity contribution in [2.75, 3.05) is 12.9 Å². The molecule has 0 spiro atoms. The quantitative estimate of drug-likeness (QED) is 0.755. The highest BCUT2D eigenvalue weighted by molar-refractivity contribution is 7.90. The molecule has 0 atom stereocenters. The Labute approximate surface area is 122 Å². The Balaban J connectivity index is 2.09. The third kappa shape index (κ3) is 4.23. The standard InChI is InChI=1S/C14H16F2O4S/c1-20-13(17)7-14(4-5-14)9-21(18,19)8-10-6-11(15)2-3-12(10)16/h2-3,6H,4-5,7-9H2,1H3. The fourth-order valence-corrected chi connectivity index (χ4v) is 4.46. The number of esters is 1. The number of methoxy groups -OCH3 is 1. The van der Waals surface area contributed by atoms with Crippen LogP contribution in [0.2, 0.25) is 0 Å². The first kappa shape index (κ1) is 15.9. The van der Waals surface area contributed by atoms with E-state index in [-0.39, 0.29) is 17.7 Å². The molecule has 21 heavy (non-hydrogen) atoms. The minimum absolute atomic E-state index is 0.0361. The monoisotopic (exact) mass is 318 g/mol. The van der Waals surface area contributed by atoms with Gasteiger partial charge in [-0.3, -0.25) is 4.79 Å². The first-order chi connectivity index (χ1) is 9.75. The van der Waals surface area contributed by atoms with E-state index < -0.39 is 38.6 Å². The zero-order chi connectivity index (χ0) is 15.7. The van der Waals surface area contributed by atoms with Crippen LogP contribution in [0.25, 0.3) is 0 Å². The van der Waals surface area contributed by atoms with Crippen LogP contribution in [0.4, 0.5) is 8.78 Å². The van der Waals surface area contributed by atoms with E-state index >= 15 is 0 Å². The number of benzene rings is 1. The van der Waals surface area contributed by atoms with Crippen LogP contribution in [-0.4, -0.2) is 27.2 Å². The van der Waals surface area contributed by atoms with E-state index in [1.165, 1.54) is 7.11 Å². The van der Waals surface area contributed by atoms with E-state index in [0.717, 1.165) is 18.2 Å². The molecule has 0 saturated heterocycles. The Hall–Kier alpha value is -1.50. The molecule has 2 rings (SSSR count). The fraction of sp³-hybridized carbons (Fsp3) is 0.500. The average molecular weight is 318 g/mol. The third-order valence-corrected chi connectivity index (χ3v) is 5.42. The van der Waals surface area contributed by atoms with Gasteiger partial charge in [0.1, 0.15) is 11.6 Å². The molecule has 4 nitrogen and oxygen atoms in total. The predicted octanol–water partition coefficient (Wildman–Crippen LogP) is 2.22. The SMILES string of the molecule is COC(=O)CC1(CS(=O)(=O)Cc2cc(F)ccc2F)CC1. The molecule has 7 heteroatoms. The Morgan fingerprint density at radius 1 is 1.33 bits per heavy atom. The lowest BCUT2D eigenvalue weighted by Gasteiger charge is -2.14. The topological polar surface area (TPSA) is 60.4 Å². The van der Waals surface area contributed by atoms with Crippen LogP contribution >= 0.6 is 0 Å². The van der Waals surface area contributed by atoms with Crippen LogP contribution < -0.4 is 0 Å². The van der Waals surface area contributed by atoms with Gasteiger partial charge in [0.15, 0.2) is 9.84 Å². The van der Waals surface area contributed by atoms with E-state index in [1.54, 1.807) is 0 Å². The van der Waals surface area contributed by atoms with Gasteiger partial charge in [-0.05, 0) is 36.5 Å². The molecule has 0 radical (unpaired) electrons. The van der Waals surface area contributed by atoms with Crippen molar-refractivity contribution in [3.05, 3.63) is 35.4 Å². The molecule has 0 aliphatic heterocycles. The van der Waals surface area contributed by atoms with Gasteiger partial charge >= 0.3 is 5.97 Å². The Morgan fingerprint density at radius 3 is 2.57 bits per heavy atom. The number of hydrogen-bond donors (Lipinski definition) is 0. The second-order valence-electron chi connectivity index (χ2n) is 5.52. The molecule has 116 valence electrons. The smallest absolute Gasteiger partial charge is 0.306 e. The summed E-state index contributed by atoms with van der Waals surface area (Å²) in [6, 6.07) is 2.72. The van der Waals surface area contributed by atoms with Gasteiger partial charge in [0.25, 0.3) is 0 Å². The summed E-state index contributed by atoms with van der Waals surface area (Å²) in [5.41, 5.74) is -0.792. The van der Waals surface area contributed by atoms with E-state index in [9.17, 15) is 22.0 Å². The third-order valence-electron chi connectivity index (χ3n) is 3.61. The number of sulfone groups is 1. The predicted molar refractivity (Wildman–Crippen MR) is 72.1 cm³/mol. The van der Waals surface area contributed by atoms with Gasteiger partial charge in [-0.1, -0.05) is 0 Å². The summed E-state index contributed by atoms with van der Waals surface area (Å²) >= 11 is 0. The van der Waals surface area contributed by atoms with Crippen molar-refractivity contribution < 1.29 is 26.7 Å². The second-order valence-corrected chi connectivity index (χ2v) is 7.59. The molecule has 1 aliphatic rings. The van der Waals surface area contributed by atoms with Gasteiger partial charge in [-0.25, -0.2) is 17.2 Å². The highest BCUT2D eigenvalue weighted by atomic mass is 32.2. The van der Waals surface area contributed by atoms with Crippen molar-refractivity contribution in [1.29, 1.82) is 0 Å². The molecule has 0 N–H and O–H groups in total. The van der Waals surface area contributed by atoms with Crippen LogP contribution in [0.5, 0.6) is 0 Å². The van der Waals surface area contributed by atoms with Crippen molar-refractivity contribution >= 4 is 15.8 Å². The number of halogens is 2. The zero-order valence-corrected chi connectivity index (χ0v) is 12.4. The van der Waals surface area contributed by atoms with Crippen LogP contribution in [0.3, 0.4) is 0 Å². The van der Waals surface area contributed by atoms with E-state index in [0.29, 0.717) is 12.8 Å². The van der Waals surface area contributed by atoms with E-state index in [4.69, 9.17) is 0 Å². The molecular formula is C14H16F2O4S. The summed E-state index contributed by atoms with van der Waals surface area (Å²) in [7, 11) is -2.39. The van der Waals surface area contributed by atoms with Crippen molar-refractivity contribution in [2.45, 2.75) is 25.0 Å². The van der Waals surface area contributed by atoms with Gasteiger partial charge in [0, 0.05) is 5.56 Å². The molecule has 1 fully saturated rings. The molecule has 1 aliphatic carbocycles. The normalized spacial score (nSPS) is 16.5. The van der Waals surface area contributed by atoms with Gasteiger partial charge in [-0.15, -0.1) is 0 Å². The number of ether oxygens (including phenoxy) is 1. The molecule has 0 unspecified atom stereocenters. The zero-order valence-electron chi connectivity index (χ0n) is 11.6. The minimum atomic E-state index is -3.64. The summed E-state index contributed by atoms with van der Waals surface area (Å²) in [5, 5.41) is 0. The summed E-state index contributed by atoms with van der Waals surface area (Å²) < 4.78 is 55.4. The summed E-state index contributed by atoms with van der Waals surface area (Å²) in [5.74, 6) is -2.68. The van der Waals surface area contributed by atoms with Gasteiger partial charge < -0.3 is 4.74 Å². The van der Waals surface area contributed by atoms with Gasteiger partial charge in [0.05, 0.1) is 25.0 Å². The number of hydrogen-bond acceptors (Lipinski definition) is 4. The average Bonchev–Trinajstić information content (AvgIpc) is 3.11. The maximum Gasteiger partial charge on any atom is 0.306 e. The van der Waals surface area contributed by atoms with Crippen LogP contribution in [0.15, 0.2) is 18.2 Å². The molecule has 0 heterocycles. The Bertz CT molecular complexity index is 651. The minimum Gasteiger partial charge on any atom is -0.469 e. The molecule has 0 amide bonds. The van der Waals surface area contributed by atoms with E-state index in [2.05, 4.69) is 4.74 Å². The van der Waals surface area contributed by atoms with Crippen molar-refractivity contribution in [3.8, 4) is 0 Å². The number of carbonyl (C=O) groups excluding carboxylic acids is 1. The maximum absolute atomic E-state index is 13.5. The van der Waals surface area contributed by atoms with E-state index in [1.807, 2.05) is 0 Å². The van der Waals surface area contributed by atoms with Gasteiger partial charge in [0.2, 0.25) is 0 Å². The fourth-order valence-electron chi connectivity index (χ4n) is 2.34. The van der Waals surface area contributed by atoms with Crippen LogP contribution in [-0.2, 0) is 25.1 Å². The molecular weight excluding hydrogens is 302 g/mol. The van der Waals surface area contributed by atoms with Crippen LogP contribution in [0.1, 0.15) is 24.8 Å². The number of carbonyl (C=O) groups is 1. The summed E-state index contributed by atoms with van der Waals surface area (Å²) in [6.07, 6.45) is 1.27. The van der Waals surface area contributed by atoms with Crippen LogP contribution in [0, 0.1) is 17.0 Å².